The van der Waals surface area contributed by atoms with E-state index >= 15 is 0 Å². The highest BCUT2D eigenvalue weighted by Crippen LogP contribution is 2.33. The van der Waals surface area contributed by atoms with Crippen molar-refractivity contribution in [1.82, 2.24) is 20.2 Å². The lowest BCUT2D eigenvalue weighted by Crippen LogP contribution is -2.22. The fourth-order valence-electron chi connectivity index (χ4n) is 3.89. The van der Waals surface area contributed by atoms with Crippen molar-refractivity contribution in [2.45, 2.75) is 24.3 Å². The summed E-state index contributed by atoms with van der Waals surface area (Å²) in [6, 6.07) is 20.8. The summed E-state index contributed by atoms with van der Waals surface area (Å²) in [5.74, 6) is 2.05. The number of nitrogens with one attached hydrogen (secondary N) is 1. The highest BCUT2D eigenvalue weighted by atomic mass is 32.2. The molecule has 0 bridgehead atoms. The number of methoxy groups -OCH3 is 2. The number of aromatic nitrogens is 4. The number of nitrogens with zero attached hydrogens (tertiary/aromatic N) is 4. The van der Waals surface area contributed by atoms with Gasteiger partial charge in [0, 0.05) is 11.1 Å². The Morgan fingerprint density at radius 1 is 0.875 bits per heavy atom. The molecule has 0 fully saturated rings. The lowest BCUT2D eigenvalue weighted by molar-refractivity contribution is -0.115. The lowest BCUT2D eigenvalue weighted by atomic mass is 10.0. The molecule has 0 aliphatic heterocycles. The van der Waals surface area contributed by atoms with Crippen LogP contribution in [-0.2, 0) is 4.79 Å². The van der Waals surface area contributed by atoms with Crippen LogP contribution in [0.1, 0.15) is 13.8 Å². The van der Waals surface area contributed by atoms with E-state index in [0.717, 1.165) is 38.6 Å². The number of carbonyl (C=O) groups excluding carboxylic acids is 1. The lowest BCUT2D eigenvalue weighted by Gasteiger charge is -2.12. The van der Waals surface area contributed by atoms with Crippen LogP contribution in [0, 0.1) is 0 Å². The molecule has 204 valence electrons. The quantitative estimate of drug-likeness (QED) is 0.191. The molecule has 0 spiro atoms. The second-order valence-electron chi connectivity index (χ2n) is 8.58. The maximum Gasteiger partial charge on any atom is 0.239 e. The number of ether oxygens (including phenoxy) is 3. The molecule has 2 heterocycles. The van der Waals surface area contributed by atoms with Crippen molar-refractivity contribution in [3.8, 4) is 39.8 Å². The molecule has 0 saturated heterocycles. The number of thiazole rings is 1. The Hall–Kier alpha value is -4.22. The number of amides is 1. The average molecular weight is 574 g/mol. The molecule has 40 heavy (non-hydrogen) atoms. The zero-order chi connectivity index (χ0) is 28.1. The third kappa shape index (κ3) is 6.16. The van der Waals surface area contributed by atoms with Gasteiger partial charge in [0.05, 0.1) is 36.3 Å². The van der Waals surface area contributed by atoms with Crippen LogP contribution in [0.5, 0.6) is 17.2 Å². The minimum Gasteiger partial charge on any atom is -0.497 e. The maximum atomic E-state index is 13.0. The summed E-state index contributed by atoms with van der Waals surface area (Å²) >= 11 is 2.63. The van der Waals surface area contributed by atoms with Crippen LogP contribution in [-0.4, -0.2) is 52.1 Å². The summed E-state index contributed by atoms with van der Waals surface area (Å²) < 4.78 is 17.1. The largest absolute Gasteiger partial charge is 0.497 e. The number of hydrogen-bond donors (Lipinski definition) is 1. The van der Waals surface area contributed by atoms with Gasteiger partial charge in [-0.25, -0.2) is 9.97 Å². The molecule has 1 N–H and O–H groups in total. The smallest absolute Gasteiger partial charge is 0.239 e. The first-order chi connectivity index (χ1) is 19.5. The Balaban J connectivity index is 1.37. The van der Waals surface area contributed by atoms with Gasteiger partial charge in [0.2, 0.25) is 11.1 Å². The molecule has 1 amide bonds. The van der Waals surface area contributed by atoms with E-state index in [1.54, 1.807) is 21.1 Å². The van der Waals surface area contributed by atoms with Crippen molar-refractivity contribution in [1.29, 1.82) is 0 Å². The van der Waals surface area contributed by atoms with Gasteiger partial charge < -0.3 is 19.5 Å². The van der Waals surface area contributed by atoms with Crippen LogP contribution in [0.2, 0.25) is 0 Å². The van der Waals surface area contributed by atoms with Gasteiger partial charge in [0.15, 0.2) is 5.13 Å². The van der Waals surface area contributed by atoms with Gasteiger partial charge in [0.25, 0.3) is 0 Å². The first-order valence-corrected chi connectivity index (χ1v) is 14.2. The van der Waals surface area contributed by atoms with Crippen LogP contribution in [0.15, 0.2) is 71.9 Å². The minimum atomic E-state index is -0.497. The summed E-state index contributed by atoms with van der Waals surface area (Å²) in [7, 11) is 3.25. The van der Waals surface area contributed by atoms with Gasteiger partial charge in [-0.05, 0) is 80.6 Å². The number of carbonyl (C=O) groups is 1. The number of anilines is 1. The predicted octanol–water partition coefficient (Wildman–Crippen LogP) is 6.35. The summed E-state index contributed by atoms with van der Waals surface area (Å²) in [5, 5.41) is 12.2. The van der Waals surface area contributed by atoms with E-state index in [4.69, 9.17) is 19.2 Å². The molecule has 0 saturated carbocycles. The topological polar surface area (TPSA) is 108 Å². The Kier molecular flexibility index (Phi) is 8.42. The standard InChI is InChI=1S/C29H27N5O4S2/c1-5-38-22-14-15-23-24(16-22)40-28(30-23)32-27(35)17(2)39-29-31-25(18-6-10-20(36-3)11-7-18)26(33-34-29)19-8-12-21(37-4)13-9-19/h6-17H,5H2,1-4H3,(H,30,32,35). The minimum absolute atomic E-state index is 0.206. The van der Waals surface area contributed by atoms with E-state index in [-0.39, 0.29) is 5.91 Å². The third-order valence-corrected chi connectivity index (χ3v) is 7.83. The van der Waals surface area contributed by atoms with Gasteiger partial charge in [-0.3, -0.25) is 4.79 Å². The SMILES string of the molecule is CCOc1ccc2nc(NC(=O)C(C)Sc3nnc(-c4ccc(OC)cc4)c(-c4ccc(OC)cc4)n3)sc2c1. The zero-order valence-corrected chi connectivity index (χ0v) is 24.0. The molecular formula is C29H27N5O4S2. The molecule has 0 aliphatic rings. The third-order valence-electron chi connectivity index (χ3n) is 5.95. The van der Waals surface area contributed by atoms with Crippen LogP contribution in [0.25, 0.3) is 32.7 Å². The second-order valence-corrected chi connectivity index (χ2v) is 10.9. The van der Waals surface area contributed by atoms with Gasteiger partial charge in [-0.15, -0.1) is 10.2 Å². The fraction of sp³-hybridized carbons (Fsp3) is 0.207. The van der Waals surface area contributed by atoms with Crippen molar-refractivity contribution in [2.24, 2.45) is 0 Å². The highest BCUT2D eigenvalue weighted by molar-refractivity contribution is 8.00. The molecule has 1 unspecified atom stereocenters. The Labute approximate surface area is 240 Å². The first-order valence-electron chi connectivity index (χ1n) is 12.5. The molecule has 0 radical (unpaired) electrons. The van der Waals surface area contributed by atoms with Crippen molar-refractivity contribution >= 4 is 44.4 Å². The summed E-state index contributed by atoms with van der Waals surface area (Å²) in [5.41, 5.74) is 3.76. The second kappa shape index (κ2) is 12.3. The van der Waals surface area contributed by atoms with Crippen LogP contribution in [0.3, 0.4) is 0 Å². The average Bonchev–Trinajstić information content (AvgIpc) is 3.39. The predicted molar refractivity (Wildman–Crippen MR) is 159 cm³/mol. The van der Waals surface area contributed by atoms with Gasteiger partial charge in [-0.1, -0.05) is 23.1 Å². The van der Waals surface area contributed by atoms with E-state index in [9.17, 15) is 4.79 Å². The number of benzene rings is 3. The van der Waals surface area contributed by atoms with E-state index < -0.39 is 5.25 Å². The summed E-state index contributed by atoms with van der Waals surface area (Å²) in [6.45, 7) is 4.32. The van der Waals surface area contributed by atoms with Crippen molar-refractivity contribution < 1.29 is 19.0 Å². The number of rotatable bonds is 10. The molecule has 3 aromatic carbocycles. The molecule has 0 aliphatic carbocycles. The highest BCUT2D eigenvalue weighted by Gasteiger charge is 2.21. The molecule has 11 heteroatoms. The van der Waals surface area contributed by atoms with E-state index in [2.05, 4.69) is 20.5 Å². The number of fused-ring (bicyclic) bond motifs is 1. The molecule has 5 aromatic rings. The first kappa shape index (κ1) is 27.4. The van der Waals surface area contributed by atoms with Gasteiger partial charge >= 0.3 is 0 Å². The molecule has 2 aromatic heterocycles. The van der Waals surface area contributed by atoms with Crippen molar-refractivity contribution in [3.05, 3.63) is 66.7 Å². The molecule has 5 rings (SSSR count). The number of hydrogen-bond acceptors (Lipinski definition) is 10. The monoisotopic (exact) mass is 573 g/mol. The Morgan fingerprint density at radius 2 is 1.50 bits per heavy atom. The van der Waals surface area contributed by atoms with Crippen LogP contribution >= 0.6 is 23.1 Å². The van der Waals surface area contributed by atoms with E-state index in [0.29, 0.717) is 28.3 Å². The summed E-state index contributed by atoms with van der Waals surface area (Å²) in [4.78, 5) is 22.4. The van der Waals surface area contributed by atoms with Gasteiger partial charge in [0.1, 0.15) is 28.6 Å². The van der Waals surface area contributed by atoms with E-state index in [1.807, 2.05) is 73.7 Å². The van der Waals surface area contributed by atoms with Gasteiger partial charge in [-0.2, -0.15) is 0 Å². The fourth-order valence-corrected chi connectivity index (χ4v) is 5.50. The van der Waals surface area contributed by atoms with Crippen molar-refractivity contribution in [2.75, 3.05) is 26.1 Å². The Morgan fingerprint density at radius 3 is 2.12 bits per heavy atom. The van der Waals surface area contributed by atoms with Crippen molar-refractivity contribution in [3.63, 3.8) is 0 Å². The molecule has 1 atom stereocenters. The molecular weight excluding hydrogens is 546 g/mol. The summed E-state index contributed by atoms with van der Waals surface area (Å²) in [6.07, 6.45) is 0. The zero-order valence-electron chi connectivity index (χ0n) is 22.4. The molecule has 9 nitrogen and oxygen atoms in total. The maximum absolute atomic E-state index is 13.0. The Bertz CT molecular complexity index is 1620. The number of thioether (sulfide) groups is 1. The van der Waals surface area contributed by atoms with E-state index in [1.165, 1.54) is 23.1 Å². The van der Waals surface area contributed by atoms with Crippen LogP contribution in [0.4, 0.5) is 5.13 Å². The normalized spacial score (nSPS) is 11.7. The van der Waals surface area contributed by atoms with Crippen LogP contribution < -0.4 is 19.5 Å².